The average Bonchev–Trinajstić information content (AvgIpc) is 3.33. The van der Waals surface area contributed by atoms with Gasteiger partial charge >= 0.3 is 0 Å². The predicted molar refractivity (Wildman–Crippen MR) is 118 cm³/mol. The van der Waals surface area contributed by atoms with Gasteiger partial charge in [-0.25, -0.2) is 15.0 Å². The fourth-order valence-electron chi connectivity index (χ4n) is 3.65. The van der Waals surface area contributed by atoms with Gasteiger partial charge in [-0.1, -0.05) is 49.0 Å². The molecule has 0 spiro atoms. The number of fused-ring (bicyclic) bond motifs is 1. The van der Waals surface area contributed by atoms with E-state index in [1.807, 2.05) is 25.1 Å². The molecule has 0 bridgehead atoms. The third-order valence-electron chi connectivity index (χ3n) is 5.24. The van der Waals surface area contributed by atoms with E-state index in [4.69, 9.17) is 4.74 Å². The lowest BCUT2D eigenvalue weighted by Gasteiger charge is -2.17. The molecule has 31 heavy (non-hydrogen) atoms. The highest BCUT2D eigenvalue weighted by Crippen LogP contribution is 2.33. The minimum absolute atomic E-state index is 0.387. The van der Waals surface area contributed by atoms with Crippen LogP contribution in [0.25, 0.3) is 11.2 Å². The number of nitrogens with one attached hydrogen (secondary N) is 1. The number of ether oxygens (including phenoxy) is 1. The van der Waals surface area contributed by atoms with Gasteiger partial charge < -0.3 is 25.4 Å². The van der Waals surface area contributed by atoms with Crippen LogP contribution in [0.3, 0.4) is 0 Å². The van der Waals surface area contributed by atoms with Gasteiger partial charge in [-0.05, 0) is 24.2 Å². The predicted octanol–water partition coefficient (Wildman–Crippen LogP) is 1.59. The first-order valence-corrected chi connectivity index (χ1v) is 11.4. The topological polar surface area (TPSA) is 126 Å². The molecule has 0 aliphatic carbocycles. The van der Waals surface area contributed by atoms with E-state index in [-0.39, 0.29) is 6.61 Å². The van der Waals surface area contributed by atoms with Crippen molar-refractivity contribution in [3.05, 3.63) is 42.2 Å². The number of aryl methyl sites for hydroxylation is 1. The second-order valence-corrected chi connectivity index (χ2v) is 8.59. The summed E-state index contributed by atoms with van der Waals surface area (Å²) in [4.78, 5) is 13.6. The summed E-state index contributed by atoms with van der Waals surface area (Å²) in [6.07, 6.45) is -0.730. The summed E-state index contributed by atoms with van der Waals surface area (Å²) in [6, 6.07) is 10.3. The van der Waals surface area contributed by atoms with Crippen LogP contribution in [0.5, 0.6) is 0 Å². The first-order valence-electron chi connectivity index (χ1n) is 10.4. The van der Waals surface area contributed by atoms with E-state index in [2.05, 4.69) is 32.4 Å². The van der Waals surface area contributed by atoms with Crippen LogP contribution in [0.15, 0.2) is 41.8 Å². The Morgan fingerprint density at radius 2 is 1.97 bits per heavy atom. The molecule has 2 aromatic heterocycles. The van der Waals surface area contributed by atoms with Crippen LogP contribution in [0.1, 0.15) is 25.1 Å². The number of anilines is 1. The minimum atomic E-state index is -1.20. The van der Waals surface area contributed by atoms with Crippen LogP contribution in [0, 0.1) is 0 Å². The molecule has 4 N–H and O–H groups in total. The van der Waals surface area contributed by atoms with Gasteiger partial charge in [0.05, 0.1) is 12.9 Å². The summed E-state index contributed by atoms with van der Waals surface area (Å²) in [5.41, 5.74) is 2.36. The smallest absolute Gasteiger partial charge is 0.191 e. The second-order valence-electron chi connectivity index (χ2n) is 7.36. The average molecular weight is 446 g/mol. The molecule has 10 heteroatoms. The van der Waals surface area contributed by atoms with Crippen molar-refractivity contribution in [3.8, 4) is 0 Å². The van der Waals surface area contributed by atoms with Gasteiger partial charge in [-0.3, -0.25) is 4.57 Å². The van der Waals surface area contributed by atoms with Crippen LogP contribution < -0.4 is 5.32 Å². The fourth-order valence-corrected chi connectivity index (χ4v) is 4.22. The maximum absolute atomic E-state index is 10.4. The molecule has 1 saturated heterocycles. The number of nitrogens with zero attached hydrogens (tertiary/aromatic N) is 4. The zero-order valence-electron chi connectivity index (χ0n) is 17.3. The molecule has 3 heterocycles. The highest BCUT2D eigenvalue weighted by molar-refractivity contribution is 7.99. The lowest BCUT2D eigenvalue weighted by molar-refractivity contribution is -0.0511. The van der Waals surface area contributed by atoms with Crippen molar-refractivity contribution in [2.75, 3.05) is 24.2 Å². The first kappa shape index (κ1) is 22.0. The molecule has 4 atom stereocenters. The normalized spacial score (nSPS) is 23.5. The fraction of sp³-hybridized carbons (Fsp3) is 0.476. The van der Waals surface area contributed by atoms with Crippen LogP contribution in [-0.4, -0.2) is 72.1 Å². The Kier molecular flexibility index (Phi) is 7.03. The summed E-state index contributed by atoms with van der Waals surface area (Å²) < 4.78 is 7.25. The number of rotatable bonds is 9. The van der Waals surface area contributed by atoms with Crippen molar-refractivity contribution in [2.45, 2.75) is 49.5 Å². The van der Waals surface area contributed by atoms with Crippen molar-refractivity contribution in [1.82, 2.24) is 19.5 Å². The van der Waals surface area contributed by atoms with Gasteiger partial charge in [0.15, 0.2) is 28.4 Å². The summed E-state index contributed by atoms with van der Waals surface area (Å²) in [5, 5.41) is 33.9. The zero-order chi connectivity index (χ0) is 21.8. The number of aliphatic hydroxyl groups excluding tert-OH is 3. The third kappa shape index (κ3) is 4.68. The minimum Gasteiger partial charge on any atom is -0.394 e. The molecule has 0 amide bonds. The van der Waals surface area contributed by atoms with Crippen molar-refractivity contribution >= 4 is 28.7 Å². The monoisotopic (exact) mass is 445 g/mol. The summed E-state index contributed by atoms with van der Waals surface area (Å²) >= 11 is 1.51. The van der Waals surface area contributed by atoms with Gasteiger partial charge in [-0.15, -0.1) is 0 Å². The van der Waals surface area contributed by atoms with E-state index < -0.39 is 24.5 Å². The molecule has 4 rings (SSSR count). The molecule has 1 aromatic carbocycles. The van der Waals surface area contributed by atoms with E-state index in [9.17, 15) is 15.3 Å². The molecule has 3 aromatic rings. The molecule has 0 unspecified atom stereocenters. The molecule has 0 radical (unpaired) electrons. The Morgan fingerprint density at radius 1 is 1.16 bits per heavy atom. The zero-order valence-corrected chi connectivity index (χ0v) is 18.1. The van der Waals surface area contributed by atoms with Gasteiger partial charge in [0, 0.05) is 6.54 Å². The second kappa shape index (κ2) is 9.92. The van der Waals surface area contributed by atoms with Crippen LogP contribution >= 0.6 is 11.8 Å². The largest absolute Gasteiger partial charge is 0.394 e. The van der Waals surface area contributed by atoms with Gasteiger partial charge in [-0.2, -0.15) is 0 Å². The van der Waals surface area contributed by atoms with Gasteiger partial charge in [0.25, 0.3) is 0 Å². The Labute approximate surface area is 184 Å². The number of imidazole rings is 1. The lowest BCUT2D eigenvalue weighted by atomic mass is 10.1. The van der Waals surface area contributed by atoms with Crippen molar-refractivity contribution in [3.63, 3.8) is 0 Å². The standard InChI is InChI=1S/C21H27N5O4S/c1-2-31-21-24-18(22-10-6-9-13-7-4-3-5-8-13)15-19(25-21)26(12-23-15)20-17(29)16(28)14(11-27)30-20/h3-5,7-8,12,14,16-17,20,27-29H,2,6,9-11H2,1H3,(H,22,24,25)/t14-,16-,17-,20-/m1/s1. The van der Waals surface area contributed by atoms with Crippen LogP contribution in [0.2, 0.25) is 0 Å². The number of hydrogen-bond donors (Lipinski definition) is 4. The highest BCUT2D eigenvalue weighted by Gasteiger charge is 2.44. The van der Waals surface area contributed by atoms with Crippen molar-refractivity contribution < 1.29 is 20.1 Å². The molecule has 1 aliphatic heterocycles. The summed E-state index contributed by atoms with van der Waals surface area (Å²) in [7, 11) is 0. The van der Waals surface area contributed by atoms with Crippen LogP contribution in [-0.2, 0) is 11.2 Å². The van der Waals surface area contributed by atoms with E-state index >= 15 is 0 Å². The number of aromatic nitrogens is 4. The van der Waals surface area contributed by atoms with Gasteiger partial charge in [0.1, 0.15) is 18.3 Å². The molecular weight excluding hydrogens is 418 g/mol. The quantitative estimate of drug-likeness (QED) is 0.221. The Bertz CT molecular complexity index is 1000. The number of hydrogen-bond acceptors (Lipinski definition) is 9. The molecule has 1 fully saturated rings. The number of benzene rings is 1. The summed E-state index contributed by atoms with van der Waals surface area (Å²) in [5.74, 6) is 1.43. The SMILES string of the molecule is CCSc1nc(NCCCc2ccccc2)c2ncn([C@@H]3O[C@H](CO)[C@@H](O)[C@H]3O)c2n1. The number of aliphatic hydroxyl groups is 3. The van der Waals surface area contributed by atoms with E-state index in [1.54, 1.807) is 4.57 Å². The third-order valence-corrected chi connectivity index (χ3v) is 5.97. The molecule has 0 saturated carbocycles. The number of thioether (sulfide) groups is 1. The van der Waals surface area contributed by atoms with Gasteiger partial charge in [0.2, 0.25) is 0 Å². The molecule has 9 nitrogen and oxygen atoms in total. The maximum Gasteiger partial charge on any atom is 0.191 e. The van der Waals surface area contributed by atoms with E-state index in [0.717, 1.165) is 25.1 Å². The Balaban J connectivity index is 1.56. The summed E-state index contributed by atoms with van der Waals surface area (Å²) in [6.45, 7) is 2.36. The molecule has 166 valence electrons. The van der Waals surface area contributed by atoms with Crippen molar-refractivity contribution in [2.24, 2.45) is 0 Å². The lowest BCUT2D eigenvalue weighted by Crippen LogP contribution is -2.33. The molecule has 1 aliphatic rings. The Morgan fingerprint density at radius 3 is 2.68 bits per heavy atom. The molecular formula is C21H27N5O4S. The van der Waals surface area contributed by atoms with E-state index in [0.29, 0.717) is 22.1 Å². The Hall–Kier alpha value is -2.24. The van der Waals surface area contributed by atoms with Crippen LogP contribution in [0.4, 0.5) is 5.82 Å². The van der Waals surface area contributed by atoms with Crippen molar-refractivity contribution in [1.29, 1.82) is 0 Å². The van der Waals surface area contributed by atoms with E-state index in [1.165, 1.54) is 23.7 Å². The maximum atomic E-state index is 10.4. The first-order chi connectivity index (χ1) is 15.1. The highest BCUT2D eigenvalue weighted by atomic mass is 32.2.